The number of urea groups is 1. The molecule has 6 heteroatoms. The maximum absolute atomic E-state index is 12.8. The molecular weight excluding hydrogens is 338 g/mol. The number of piperazine rings is 1. The Morgan fingerprint density at radius 1 is 1.00 bits per heavy atom. The van der Waals surface area contributed by atoms with Gasteiger partial charge in [-0.05, 0) is 42.8 Å². The summed E-state index contributed by atoms with van der Waals surface area (Å²) in [4.78, 5) is 16.9. The number of anilines is 2. The van der Waals surface area contributed by atoms with Gasteiger partial charge in [0.25, 0.3) is 0 Å². The molecule has 0 spiro atoms. The Hall–Kier alpha value is -3.28. The number of hydrogen-bond acceptors (Lipinski definition) is 3. The lowest BCUT2D eigenvalue weighted by Crippen LogP contribution is -2.50. The van der Waals surface area contributed by atoms with Crippen molar-refractivity contribution in [1.29, 1.82) is 0 Å². The van der Waals surface area contributed by atoms with Gasteiger partial charge >= 0.3 is 6.03 Å². The number of amides is 2. The summed E-state index contributed by atoms with van der Waals surface area (Å²) in [6, 6.07) is 18.0. The van der Waals surface area contributed by atoms with Crippen LogP contribution in [0.3, 0.4) is 0 Å². The third-order valence-corrected chi connectivity index (χ3v) is 4.83. The van der Waals surface area contributed by atoms with E-state index >= 15 is 0 Å². The first-order valence-electron chi connectivity index (χ1n) is 9.17. The molecule has 0 bridgehead atoms. The number of aromatic nitrogens is 2. The van der Waals surface area contributed by atoms with Gasteiger partial charge in [-0.3, -0.25) is 0 Å². The summed E-state index contributed by atoms with van der Waals surface area (Å²) in [6.07, 6.45) is 3.59. The number of nitrogens with zero attached hydrogens (tertiary/aromatic N) is 4. The third kappa shape index (κ3) is 3.79. The van der Waals surface area contributed by atoms with Crippen molar-refractivity contribution in [2.24, 2.45) is 0 Å². The zero-order chi connectivity index (χ0) is 18.6. The molecule has 1 saturated heterocycles. The Labute approximate surface area is 159 Å². The van der Waals surface area contributed by atoms with Crippen LogP contribution in [-0.2, 0) is 0 Å². The van der Waals surface area contributed by atoms with Gasteiger partial charge in [0.2, 0.25) is 0 Å². The fourth-order valence-corrected chi connectivity index (χ4v) is 3.38. The summed E-state index contributed by atoms with van der Waals surface area (Å²) >= 11 is 0. The highest BCUT2D eigenvalue weighted by atomic mass is 16.2. The van der Waals surface area contributed by atoms with Crippen molar-refractivity contribution in [3.05, 3.63) is 72.6 Å². The highest BCUT2D eigenvalue weighted by Gasteiger charge is 2.22. The second-order valence-electron chi connectivity index (χ2n) is 6.71. The van der Waals surface area contributed by atoms with Gasteiger partial charge in [0, 0.05) is 44.3 Å². The van der Waals surface area contributed by atoms with Gasteiger partial charge in [-0.25, -0.2) is 9.48 Å². The number of carbonyl (C=O) groups excluding carboxylic acids is 1. The van der Waals surface area contributed by atoms with E-state index in [0.717, 1.165) is 24.5 Å². The highest BCUT2D eigenvalue weighted by Crippen LogP contribution is 2.21. The summed E-state index contributed by atoms with van der Waals surface area (Å²) in [6.45, 7) is 5.16. The minimum absolute atomic E-state index is 0.0708. The average molecular weight is 361 g/mol. The third-order valence-electron chi connectivity index (χ3n) is 4.83. The van der Waals surface area contributed by atoms with E-state index < -0.39 is 0 Å². The van der Waals surface area contributed by atoms with E-state index in [2.05, 4.69) is 46.5 Å². The standard InChI is InChI=1S/C21H23N5O/c1-17-6-4-7-18(16-17)24-12-14-25(15-13-24)21(27)23-19-8-2-3-9-20(19)26-11-5-10-22-26/h2-11,16H,12-15H2,1H3,(H,23,27). The SMILES string of the molecule is Cc1cccc(N2CCN(C(=O)Nc3ccccc3-n3cccn3)CC2)c1. The minimum atomic E-state index is -0.0708. The molecule has 27 heavy (non-hydrogen) atoms. The number of hydrogen-bond donors (Lipinski definition) is 1. The van der Waals surface area contributed by atoms with Crippen molar-refractivity contribution in [3.63, 3.8) is 0 Å². The van der Waals surface area contributed by atoms with Crippen molar-refractivity contribution in [2.75, 3.05) is 36.4 Å². The first kappa shape index (κ1) is 17.1. The molecule has 0 radical (unpaired) electrons. The number of benzene rings is 2. The molecule has 0 unspecified atom stereocenters. The molecule has 0 aliphatic carbocycles. The summed E-state index contributed by atoms with van der Waals surface area (Å²) < 4.78 is 1.76. The van der Waals surface area contributed by atoms with Gasteiger partial charge in [-0.15, -0.1) is 0 Å². The molecule has 138 valence electrons. The smallest absolute Gasteiger partial charge is 0.322 e. The van der Waals surface area contributed by atoms with Crippen molar-refractivity contribution in [1.82, 2.24) is 14.7 Å². The normalized spacial score (nSPS) is 14.3. The molecule has 0 atom stereocenters. The second kappa shape index (κ2) is 7.53. The topological polar surface area (TPSA) is 53.4 Å². The lowest BCUT2D eigenvalue weighted by Gasteiger charge is -2.36. The second-order valence-corrected chi connectivity index (χ2v) is 6.71. The molecule has 2 amide bonds. The molecular formula is C21H23N5O. The number of para-hydroxylation sites is 2. The highest BCUT2D eigenvalue weighted by molar-refractivity contribution is 5.91. The predicted octanol–water partition coefficient (Wildman–Crippen LogP) is 3.53. The van der Waals surface area contributed by atoms with Crippen molar-refractivity contribution in [3.8, 4) is 5.69 Å². The van der Waals surface area contributed by atoms with Gasteiger partial charge in [-0.1, -0.05) is 24.3 Å². The van der Waals surface area contributed by atoms with Gasteiger partial charge in [0.15, 0.2) is 0 Å². The average Bonchev–Trinajstić information content (AvgIpc) is 3.23. The van der Waals surface area contributed by atoms with Gasteiger partial charge in [0.05, 0.1) is 11.4 Å². The van der Waals surface area contributed by atoms with Crippen LogP contribution in [0.1, 0.15) is 5.56 Å². The number of aryl methyl sites for hydroxylation is 1. The Bertz CT molecular complexity index is 914. The molecule has 2 heterocycles. The van der Waals surface area contributed by atoms with E-state index in [0.29, 0.717) is 13.1 Å². The zero-order valence-corrected chi connectivity index (χ0v) is 15.4. The number of nitrogens with one attached hydrogen (secondary N) is 1. The molecule has 2 aromatic carbocycles. The van der Waals surface area contributed by atoms with Gasteiger partial charge in [-0.2, -0.15) is 5.10 Å². The van der Waals surface area contributed by atoms with Gasteiger partial charge in [0.1, 0.15) is 0 Å². The molecule has 6 nitrogen and oxygen atoms in total. The Morgan fingerprint density at radius 2 is 1.81 bits per heavy atom. The molecule has 1 fully saturated rings. The Morgan fingerprint density at radius 3 is 2.56 bits per heavy atom. The van der Waals surface area contributed by atoms with Crippen LogP contribution in [0.5, 0.6) is 0 Å². The molecule has 3 aromatic rings. The van der Waals surface area contributed by atoms with Crippen LogP contribution in [-0.4, -0.2) is 46.9 Å². The van der Waals surface area contributed by atoms with E-state index in [9.17, 15) is 4.79 Å². The summed E-state index contributed by atoms with van der Waals surface area (Å²) in [5, 5.41) is 7.30. The van der Waals surface area contributed by atoms with Crippen LogP contribution in [0.2, 0.25) is 0 Å². The van der Waals surface area contributed by atoms with E-state index in [-0.39, 0.29) is 6.03 Å². The summed E-state index contributed by atoms with van der Waals surface area (Å²) in [5.41, 5.74) is 4.09. The fourth-order valence-electron chi connectivity index (χ4n) is 3.38. The molecule has 4 rings (SSSR count). The Balaban J connectivity index is 1.41. The molecule has 1 aliphatic rings. The van der Waals surface area contributed by atoms with E-state index in [1.165, 1.54) is 11.3 Å². The summed E-state index contributed by atoms with van der Waals surface area (Å²) in [7, 11) is 0. The summed E-state index contributed by atoms with van der Waals surface area (Å²) in [5.74, 6) is 0. The Kier molecular flexibility index (Phi) is 4.78. The molecule has 0 saturated carbocycles. The van der Waals surface area contributed by atoms with Crippen LogP contribution in [0.15, 0.2) is 67.0 Å². The largest absolute Gasteiger partial charge is 0.368 e. The van der Waals surface area contributed by atoms with Crippen LogP contribution in [0, 0.1) is 6.92 Å². The first-order chi connectivity index (χ1) is 13.2. The van der Waals surface area contributed by atoms with Crippen LogP contribution < -0.4 is 10.2 Å². The van der Waals surface area contributed by atoms with Crippen molar-refractivity contribution >= 4 is 17.4 Å². The number of carbonyl (C=O) groups is 1. The zero-order valence-electron chi connectivity index (χ0n) is 15.4. The van der Waals surface area contributed by atoms with Crippen LogP contribution in [0.4, 0.5) is 16.2 Å². The predicted molar refractivity (Wildman–Crippen MR) is 108 cm³/mol. The van der Waals surface area contributed by atoms with E-state index in [4.69, 9.17) is 0 Å². The van der Waals surface area contributed by atoms with Crippen molar-refractivity contribution < 1.29 is 4.79 Å². The van der Waals surface area contributed by atoms with Gasteiger partial charge < -0.3 is 15.1 Å². The lowest BCUT2D eigenvalue weighted by molar-refractivity contribution is 0.208. The maximum atomic E-state index is 12.8. The molecule has 1 aromatic heterocycles. The maximum Gasteiger partial charge on any atom is 0.322 e. The van der Waals surface area contributed by atoms with Crippen LogP contribution in [0.25, 0.3) is 5.69 Å². The van der Waals surface area contributed by atoms with E-state index in [1.807, 2.05) is 41.4 Å². The van der Waals surface area contributed by atoms with Crippen molar-refractivity contribution in [2.45, 2.75) is 6.92 Å². The lowest BCUT2D eigenvalue weighted by atomic mass is 10.2. The molecule has 1 N–H and O–H groups in total. The minimum Gasteiger partial charge on any atom is -0.368 e. The number of rotatable bonds is 3. The van der Waals surface area contributed by atoms with Crippen LogP contribution >= 0.6 is 0 Å². The van der Waals surface area contributed by atoms with E-state index in [1.54, 1.807) is 10.9 Å². The quantitative estimate of drug-likeness (QED) is 0.776. The first-order valence-corrected chi connectivity index (χ1v) is 9.17. The molecule has 1 aliphatic heterocycles. The monoisotopic (exact) mass is 361 g/mol. The fraction of sp³-hybridized carbons (Fsp3) is 0.238.